The monoisotopic (exact) mass is 554 g/mol. The summed E-state index contributed by atoms with van der Waals surface area (Å²) in [5.74, 6) is 0.490. The Kier molecular flexibility index (Phi) is 9.17. The number of hydrogen-bond acceptors (Lipinski definition) is 6. The molecule has 3 aromatic rings. The first kappa shape index (κ1) is 28.8. The maximum Gasteiger partial charge on any atom is 0.233 e. The van der Waals surface area contributed by atoms with Gasteiger partial charge in [-0.05, 0) is 49.2 Å². The molecule has 7 nitrogen and oxygen atoms in total. The van der Waals surface area contributed by atoms with Crippen molar-refractivity contribution >= 4 is 40.4 Å². The summed E-state index contributed by atoms with van der Waals surface area (Å²) in [6.45, 7) is 13.0. The number of halogens is 1. The highest BCUT2D eigenvalue weighted by Crippen LogP contribution is 2.38. The van der Waals surface area contributed by atoms with Gasteiger partial charge in [-0.1, -0.05) is 74.2 Å². The molecule has 1 fully saturated rings. The van der Waals surface area contributed by atoms with E-state index in [4.69, 9.17) is 16.6 Å². The highest BCUT2D eigenvalue weighted by molar-refractivity contribution is 6.32. The Labute approximate surface area is 241 Å². The van der Waals surface area contributed by atoms with E-state index in [9.17, 15) is 4.79 Å². The van der Waals surface area contributed by atoms with E-state index >= 15 is 0 Å². The van der Waals surface area contributed by atoms with Gasteiger partial charge in [0.15, 0.2) is 0 Å². The van der Waals surface area contributed by atoms with E-state index in [2.05, 4.69) is 28.4 Å². The van der Waals surface area contributed by atoms with Gasteiger partial charge in [0.25, 0.3) is 0 Å². The zero-order valence-corrected chi connectivity index (χ0v) is 24.0. The lowest BCUT2D eigenvalue weighted by atomic mass is 9.85. The van der Waals surface area contributed by atoms with E-state index in [-0.39, 0.29) is 5.91 Å². The number of amides is 1. The fourth-order valence-corrected chi connectivity index (χ4v) is 4.87. The van der Waals surface area contributed by atoms with E-state index in [1.54, 1.807) is 30.9 Å². The summed E-state index contributed by atoms with van der Waals surface area (Å²) in [5.41, 5.74) is 4.59. The van der Waals surface area contributed by atoms with Crippen LogP contribution in [0.4, 0.5) is 17.3 Å². The number of benzene rings is 1. The van der Waals surface area contributed by atoms with Crippen molar-refractivity contribution in [3.8, 4) is 11.3 Å². The van der Waals surface area contributed by atoms with Crippen molar-refractivity contribution in [1.29, 1.82) is 0 Å². The molecule has 3 heterocycles. The molecule has 1 atom stereocenters. The molecule has 0 aliphatic carbocycles. The van der Waals surface area contributed by atoms with Crippen molar-refractivity contribution in [2.24, 2.45) is 5.41 Å². The molecule has 1 N–H and O–H groups in total. The Morgan fingerprint density at radius 3 is 2.83 bits per heavy atom. The molecular weight excluding hydrogens is 520 g/mol. The topological polar surface area (TPSA) is 74.2 Å². The first-order chi connectivity index (χ1) is 19.3. The molecule has 0 spiro atoms. The number of nitrogens with zero attached hydrogens (tertiary/aromatic N) is 5. The predicted molar refractivity (Wildman–Crippen MR) is 166 cm³/mol. The normalized spacial score (nSPS) is 17.4. The Hall–Kier alpha value is -4.23. The summed E-state index contributed by atoms with van der Waals surface area (Å²) in [4.78, 5) is 30.7. The highest BCUT2D eigenvalue weighted by atomic mass is 35.5. The van der Waals surface area contributed by atoms with Crippen LogP contribution in [0, 0.1) is 5.41 Å². The number of pyridine rings is 1. The molecule has 0 saturated carbocycles. The lowest BCUT2D eigenvalue weighted by Crippen LogP contribution is -2.34. The van der Waals surface area contributed by atoms with Gasteiger partial charge in [0.05, 0.1) is 46.1 Å². The predicted octanol–water partition coefficient (Wildman–Crippen LogP) is 7.29. The van der Waals surface area contributed by atoms with Gasteiger partial charge in [0.1, 0.15) is 0 Å². The minimum absolute atomic E-state index is 0.109. The average Bonchev–Trinajstić information content (AvgIpc) is 3.27. The summed E-state index contributed by atoms with van der Waals surface area (Å²) >= 11 is 6.53. The lowest BCUT2D eigenvalue weighted by molar-refractivity contribution is -0.125. The fraction of sp³-hybridized carbons (Fsp3) is 0.250. The molecule has 40 heavy (non-hydrogen) atoms. The minimum atomic E-state index is -0.419. The quantitative estimate of drug-likeness (QED) is 0.251. The molecule has 8 heteroatoms. The number of carbonyl (C=O) groups excluding carboxylic acids is 1. The molecular formula is C32H35ClN6O. The molecule has 1 aromatic carbocycles. The number of allylic oxidation sites excluding steroid dienone is 5. The third kappa shape index (κ3) is 6.49. The van der Waals surface area contributed by atoms with Crippen molar-refractivity contribution in [3.05, 3.63) is 103 Å². The van der Waals surface area contributed by atoms with Crippen LogP contribution >= 0.6 is 11.6 Å². The van der Waals surface area contributed by atoms with Gasteiger partial charge in [-0.15, -0.1) is 0 Å². The second-order valence-corrected chi connectivity index (χ2v) is 10.5. The van der Waals surface area contributed by atoms with Gasteiger partial charge in [0, 0.05) is 25.7 Å². The lowest BCUT2D eigenvalue weighted by Gasteiger charge is -2.25. The fourth-order valence-electron chi connectivity index (χ4n) is 4.67. The van der Waals surface area contributed by atoms with Crippen LogP contribution in [0.2, 0.25) is 5.02 Å². The second kappa shape index (κ2) is 12.7. The summed E-state index contributed by atoms with van der Waals surface area (Å²) in [6, 6.07) is 9.93. The molecule has 0 bridgehead atoms. The number of hydrogen-bond donors (Lipinski definition) is 1. The molecule has 1 unspecified atom stereocenters. The van der Waals surface area contributed by atoms with Crippen LogP contribution in [-0.4, -0.2) is 45.9 Å². The third-order valence-electron chi connectivity index (χ3n) is 7.20. The van der Waals surface area contributed by atoms with Gasteiger partial charge in [0.2, 0.25) is 11.9 Å². The summed E-state index contributed by atoms with van der Waals surface area (Å²) in [7, 11) is 1.97. The minimum Gasteiger partial charge on any atom is -0.381 e. The van der Waals surface area contributed by atoms with Crippen LogP contribution < -0.4 is 10.2 Å². The van der Waals surface area contributed by atoms with Gasteiger partial charge >= 0.3 is 0 Å². The largest absolute Gasteiger partial charge is 0.381 e. The Morgan fingerprint density at radius 2 is 2.08 bits per heavy atom. The van der Waals surface area contributed by atoms with Crippen molar-refractivity contribution in [2.75, 3.05) is 30.4 Å². The molecule has 0 radical (unpaired) electrons. The zero-order valence-electron chi connectivity index (χ0n) is 23.3. The van der Waals surface area contributed by atoms with Gasteiger partial charge in [-0.2, -0.15) is 0 Å². The van der Waals surface area contributed by atoms with Crippen LogP contribution in [0.5, 0.6) is 0 Å². The number of aromatic nitrogens is 3. The zero-order chi connectivity index (χ0) is 28.7. The first-order valence-corrected chi connectivity index (χ1v) is 13.6. The maximum absolute atomic E-state index is 13.4. The molecule has 4 rings (SSSR count). The van der Waals surface area contributed by atoms with Crippen molar-refractivity contribution < 1.29 is 4.79 Å². The number of rotatable bonds is 11. The van der Waals surface area contributed by atoms with Crippen molar-refractivity contribution in [3.63, 3.8) is 0 Å². The first-order valence-electron chi connectivity index (χ1n) is 13.2. The molecule has 1 aliphatic rings. The Balaban J connectivity index is 1.54. The Bertz CT molecular complexity index is 1470. The third-order valence-corrected chi connectivity index (χ3v) is 7.48. The van der Waals surface area contributed by atoms with E-state index in [1.165, 1.54) is 0 Å². The van der Waals surface area contributed by atoms with E-state index in [0.717, 1.165) is 41.8 Å². The summed E-state index contributed by atoms with van der Waals surface area (Å²) in [6.07, 6.45) is 16.0. The van der Waals surface area contributed by atoms with Crippen LogP contribution in [0.3, 0.4) is 0 Å². The van der Waals surface area contributed by atoms with Gasteiger partial charge in [-0.3, -0.25) is 9.78 Å². The van der Waals surface area contributed by atoms with Crippen LogP contribution in [0.1, 0.15) is 32.3 Å². The number of anilines is 3. The molecule has 206 valence electrons. The second-order valence-electron chi connectivity index (χ2n) is 10.0. The standard InChI is InChI=1S/C32H35ClN6O/c1-6-9-11-23(7-2)24-12-10-13-25(18-24)29-28(33)22-35-31(37-29)36-26-19-27(21-34-20-26)39-17-15-32(4,30(39)40)14-16-38(5)8-3/h6-13,18-22H,1,3,14-17H2,2,4-5H3,(H,35,36,37)/b11-9-,23-7+. The summed E-state index contributed by atoms with van der Waals surface area (Å²) < 4.78 is 0. The molecule has 1 aliphatic heterocycles. The van der Waals surface area contributed by atoms with Gasteiger partial charge < -0.3 is 15.1 Å². The van der Waals surface area contributed by atoms with Crippen LogP contribution in [0.25, 0.3) is 16.8 Å². The van der Waals surface area contributed by atoms with E-state index in [0.29, 0.717) is 28.9 Å². The SMILES string of the molecule is C=C/C=C\C(=C/C)c1cccc(-c2nc(Nc3cncc(N4CCC(C)(CCN(C)C=C)C4=O)c3)ncc2Cl)c1. The van der Waals surface area contributed by atoms with E-state index in [1.807, 2.05) is 79.3 Å². The van der Waals surface area contributed by atoms with Crippen molar-refractivity contribution in [1.82, 2.24) is 19.9 Å². The Morgan fingerprint density at radius 1 is 1.25 bits per heavy atom. The molecule has 1 amide bonds. The van der Waals surface area contributed by atoms with Gasteiger partial charge in [-0.25, -0.2) is 9.97 Å². The highest BCUT2D eigenvalue weighted by Gasteiger charge is 2.43. The molecule has 2 aromatic heterocycles. The summed E-state index contributed by atoms with van der Waals surface area (Å²) in [5, 5.41) is 3.68. The van der Waals surface area contributed by atoms with Crippen LogP contribution in [0.15, 0.2) is 92.6 Å². The van der Waals surface area contributed by atoms with Crippen LogP contribution in [-0.2, 0) is 4.79 Å². The van der Waals surface area contributed by atoms with E-state index < -0.39 is 5.41 Å². The number of nitrogens with one attached hydrogen (secondary N) is 1. The number of carbonyl (C=O) groups is 1. The van der Waals surface area contributed by atoms with Crippen molar-refractivity contribution in [2.45, 2.75) is 26.7 Å². The average molecular weight is 555 g/mol. The molecule has 1 saturated heterocycles. The smallest absolute Gasteiger partial charge is 0.233 e. The maximum atomic E-state index is 13.4.